The Hall–Kier alpha value is -0.340. The predicted octanol–water partition coefficient (Wildman–Crippen LogP) is 2.46. The summed E-state index contributed by atoms with van der Waals surface area (Å²) in [5.41, 5.74) is 0.751. The Morgan fingerprint density at radius 1 is 1.45 bits per heavy atom. The minimum absolute atomic E-state index is 0.0166. The molecule has 0 bridgehead atoms. The van der Waals surface area contributed by atoms with Crippen molar-refractivity contribution in [3.63, 3.8) is 0 Å². The summed E-state index contributed by atoms with van der Waals surface area (Å²) in [7, 11) is 0. The molecule has 11 heavy (non-hydrogen) atoms. The molecule has 1 rings (SSSR count). The van der Waals surface area contributed by atoms with Crippen molar-refractivity contribution < 1.29 is 5.11 Å². The third-order valence-electron chi connectivity index (χ3n) is 1.58. The largest absolute Gasteiger partial charge is 0.505 e. The molecule has 0 aromatic carbocycles. The first-order chi connectivity index (χ1) is 5.04. The van der Waals surface area contributed by atoms with Crippen LogP contribution < -0.4 is 5.32 Å². The molecule has 2 nitrogen and oxygen atoms in total. The number of aliphatic hydroxyl groups is 1. The van der Waals surface area contributed by atoms with E-state index in [1.54, 1.807) is 6.92 Å². The number of dihydropyridines is 1. The molecule has 1 aliphatic heterocycles. The Morgan fingerprint density at radius 3 is 2.55 bits per heavy atom. The smallest absolute Gasteiger partial charge is 0.152 e. The van der Waals surface area contributed by atoms with Crippen LogP contribution in [0.5, 0.6) is 0 Å². The van der Waals surface area contributed by atoms with Crippen LogP contribution in [0.25, 0.3) is 0 Å². The van der Waals surface area contributed by atoms with E-state index in [9.17, 15) is 5.11 Å². The van der Waals surface area contributed by atoms with Crippen molar-refractivity contribution in [2.24, 2.45) is 0 Å². The van der Waals surface area contributed by atoms with E-state index < -0.39 is 0 Å². The van der Waals surface area contributed by atoms with Crippen molar-refractivity contribution >= 4 is 23.2 Å². The summed E-state index contributed by atoms with van der Waals surface area (Å²) in [6, 6.07) is -0.0563. The molecule has 0 amide bonds. The maximum atomic E-state index is 9.30. The van der Waals surface area contributed by atoms with Gasteiger partial charge in [0.25, 0.3) is 0 Å². The molecule has 2 N–H and O–H groups in total. The molecular formula is C7H9Cl2NO. The predicted molar refractivity (Wildman–Crippen MR) is 46.7 cm³/mol. The van der Waals surface area contributed by atoms with Gasteiger partial charge in [-0.05, 0) is 13.8 Å². The van der Waals surface area contributed by atoms with E-state index in [1.165, 1.54) is 0 Å². The zero-order valence-corrected chi connectivity index (χ0v) is 7.79. The average molecular weight is 194 g/mol. The number of allylic oxidation sites excluding steroid dienone is 2. The normalized spacial score (nSPS) is 25.6. The van der Waals surface area contributed by atoms with Crippen LogP contribution in [0.1, 0.15) is 13.8 Å². The molecule has 0 aromatic heterocycles. The van der Waals surface area contributed by atoms with Gasteiger partial charge in [-0.2, -0.15) is 0 Å². The molecule has 0 saturated carbocycles. The summed E-state index contributed by atoms with van der Waals surface area (Å²) in [6.07, 6.45) is 0. The number of hydrogen-bond acceptors (Lipinski definition) is 2. The number of nitrogens with one attached hydrogen (secondary N) is 1. The van der Waals surface area contributed by atoms with Gasteiger partial charge in [0.05, 0.1) is 11.1 Å². The van der Waals surface area contributed by atoms with Gasteiger partial charge in [0.15, 0.2) is 5.76 Å². The second-order valence-corrected chi connectivity index (χ2v) is 3.29. The van der Waals surface area contributed by atoms with Gasteiger partial charge in [-0.15, -0.1) is 0 Å². The molecule has 1 unspecified atom stereocenters. The second-order valence-electron chi connectivity index (χ2n) is 2.50. The third kappa shape index (κ3) is 1.47. The van der Waals surface area contributed by atoms with E-state index in [2.05, 4.69) is 5.32 Å². The highest BCUT2D eigenvalue weighted by Gasteiger charge is 2.21. The van der Waals surface area contributed by atoms with Gasteiger partial charge in [-0.25, -0.2) is 0 Å². The fourth-order valence-electron chi connectivity index (χ4n) is 0.939. The lowest BCUT2D eigenvalue weighted by molar-refractivity contribution is 0.412. The Morgan fingerprint density at radius 2 is 2.00 bits per heavy atom. The highest BCUT2D eigenvalue weighted by molar-refractivity contribution is 6.36. The SMILES string of the molecule is CC1=C(Cl)C(O)=C(Cl)C(C)N1. The van der Waals surface area contributed by atoms with Gasteiger partial charge in [0, 0.05) is 5.70 Å². The van der Waals surface area contributed by atoms with Crippen molar-refractivity contribution in [3.05, 3.63) is 21.5 Å². The lowest BCUT2D eigenvalue weighted by Gasteiger charge is -2.22. The van der Waals surface area contributed by atoms with Crippen LogP contribution in [0.3, 0.4) is 0 Å². The topological polar surface area (TPSA) is 32.3 Å². The quantitative estimate of drug-likeness (QED) is 0.620. The first-order valence-electron chi connectivity index (χ1n) is 3.26. The maximum absolute atomic E-state index is 9.30. The molecule has 0 fully saturated rings. The molecule has 1 heterocycles. The summed E-state index contributed by atoms with van der Waals surface area (Å²) >= 11 is 11.4. The van der Waals surface area contributed by atoms with Crippen molar-refractivity contribution in [2.45, 2.75) is 19.9 Å². The molecule has 0 aliphatic carbocycles. The third-order valence-corrected chi connectivity index (χ3v) is 2.55. The Bertz CT molecular complexity index is 245. The van der Waals surface area contributed by atoms with Crippen LogP contribution in [-0.4, -0.2) is 11.1 Å². The monoisotopic (exact) mass is 193 g/mol. The molecule has 4 heteroatoms. The molecule has 0 aromatic rings. The lowest BCUT2D eigenvalue weighted by atomic mass is 10.2. The number of hydrogen-bond donors (Lipinski definition) is 2. The lowest BCUT2D eigenvalue weighted by Crippen LogP contribution is -2.29. The van der Waals surface area contributed by atoms with Gasteiger partial charge in [0.1, 0.15) is 5.03 Å². The number of halogens is 2. The maximum Gasteiger partial charge on any atom is 0.152 e. The number of aliphatic hydroxyl groups excluding tert-OH is 1. The van der Waals surface area contributed by atoms with Gasteiger partial charge in [0.2, 0.25) is 0 Å². The van der Waals surface area contributed by atoms with E-state index in [4.69, 9.17) is 23.2 Å². The van der Waals surface area contributed by atoms with Crippen molar-refractivity contribution in [2.75, 3.05) is 0 Å². The minimum atomic E-state index is -0.0563. The standard InChI is InChI=1S/C7H9Cl2NO/c1-3-5(8)7(11)6(9)4(2)10-3/h3,10-11H,1-2H3. The molecule has 62 valence electrons. The summed E-state index contributed by atoms with van der Waals surface area (Å²) in [5, 5.41) is 13.0. The van der Waals surface area contributed by atoms with Gasteiger partial charge >= 0.3 is 0 Å². The summed E-state index contributed by atoms with van der Waals surface area (Å²) in [6.45, 7) is 3.64. The van der Waals surface area contributed by atoms with E-state index in [0.29, 0.717) is 10.1 Å². The van der Waals surface area contributed by atoms with Crippen molar-refractivity contribution in [1.29, 1.82) is 0 Å². The highest BCUT2D eigenvalue weighted by Crippen LogP contribution is 2.27. The minimum Gasteiger partial charge on any atom is -0.505 e. The zero-order valence-electron chi connectivity index (χ0n) is 6.28. The Balaban J connectivity index is 3.07. The van der Waals surface area contributed by atoms with Crippen molar-refractivity contribution in [1.82, 2.24) is 5.32 Å². The fourth-order valence-corrected chi connectivity index (χ4v) is 1.29. The van der Waals surface area contributed by atoms with Crippen LogP contribution >= 0.6 is 23.2 Å². The molecule has 1 atom stereocenters. The van der Waals surface area contributed by atoms with Crippen molar-refractivity contribution in [3.8, 4) is 0 Å². The first kappa shape index (κ1) is 8.75. The van der Waals surface area contributed by atoms with Crippen LogP contribution in [0.4, 0.5) is 0 Å². The molecular weight excluding hydrogens is 185 g/mol. The zero-order chi connectivity index (χ0) is 8.59. The average Bonchev–Trinajstić information content (AvgIpc) is 1.97. The van der Waals surface area contributed by atoms with Gasteiger partial charge in [-0.3, -0.25) is 0 Å². The van der Waals surface area contributed by atoms with E-state index in [0.717, 1.165) is 5.70 Å². The van der Waals surface area contributed by atoms with Crippen LogP contribution in [0.2, 0.25) is 0 Å². The van der Waals surface area contributed by atoms with Gasteiger partial charge < -0.3 is 10.4 Å². The Labute approximate surface area is 75.5 Å². The van der Waals surface area contributed by atoms with Crippen LogP contribution in [0, 0.1) is 0 Å². The van der Waals surface area contributed by atoms with E-state index in [1.807, 2.05) is 6.92 Å². The second kappa shape index (κ2) is 2.95. The summed E-state index contributed by atoms with van der Waals surface area (Å²) < 4.78 is 0. The molecule has 1 aliphatic rings. The molecule has 0 spiro atoms. The summed E-state index contributed by atoms with van der Waals surface area (Å²) in [5.74, 6) is -0.0166. The van der Waals surface area contributed by atoms with E-state index in [-0.39, 0.29) is 11.8 Å². The first-order valence-corrected chi connectivity index (χ1v) is 4.01. The van der Waals surface area contributed by atoms with E-state index >= 15 is 0 Å². The van der Waals surface area contributed by atoms with Crippen LogP contribution in [-0.2, 0) is 0 Å². The summed E-state index contributed by atoms with van der Waals surface area (Å²) in [4.78, 5) is 0. The Kier molecular flexibility index (Phi) is 2.35. The van der Waals surface area contributed by atoms with Gasteiger partial charge in [-0.1, -0.05) is 23.2 Å². The number of rotatable bonds is 0. The molecule has 0 radical (unpaired) electrons. The molecule has 0 saturated heterocycles. The van der Waals surface area contributed by atoms with Crippen LogP contribution in [0.15, 0.2) is 21.5 Å². The fraction of sp³-hybridized carbons (Fsp3) is 0.429. The highest BCUT2D eigenvalue weighted by atomic mass is 35.5.